The van der Waals surface area contributed by atoms with Crippen LogP contribution in [0.4, 0.5) is 0 Å². The molecular formula is C28H32N2O3. The van der Waals surface area contributed by atoms with Crippen LogP contribution in [-0.2, 0) is 22.5 Å². The quantitative estimate of drug-likeness (QED) is 0.265. The number of nitrogens with zero attached hydrogens (tertiary/aromatic N) is 1. The highest BCUT2D eigenvalue weighted by atomic mass is 16.5. The molecule has 5 nitrogen and oxygen atoms in total. The molecule has 172 valence electrons. The molecule has 4 rings (SSSR count). The molecule has 33 heavy (non-hydrogen) atoms. The summed E-state index contributed by atoms with van der Waals surface area (Å²) in [6, 6.07) is 26.3. The first-order valence-electron chi connectivity index (χ1n) is 11.7. The van der Waals surface area contributed by atoms with E-state index < -0.39 is 0 Å². The maximum absolute atomic E-state index is 6.12. The van der Waals surface area contributed by atoms with Crippen molar-refractivity contribution in [1.29, 1.82) is 0 Å². The van der Waals surface area contributed by atoms with E-state index in [2.05, 4.69) is 35.3 Å². The first-order valence-corrected chi connectivity index (χ1v) is 11.7. The van der Waals surface area contributed by atoms with Crippen molar-refractivity contribution in [3.63, 3.8) is 0 Å². The van der Waals surface area contributed by atoms with Crippen LogP contribution in [0.2, 0.25) is 0 Å². The molecule has 1 atom stereocenters. The van der Waals surface area contributed by atoms with E-state index in [-0.39, 0.29) is 6.04 Å². The molecule has 0 bridgehead atoms. The molecule has 5 heteroatoms. The number of para-hydroxylation sites is 2. The Kier molecular flexibility index (Phi) is 8.64. The molecule has 0 saturated heterocycles. The summed E-state index contributed by atoms with van der Waals surface area (Å²) < 4.78 is 17.3. The van der Waals surface area contributed by atoms with E-state index in [9.17, 15) is 0 Å². The standard InChI is InChI=1S/C28H32N2O3/c29-25(20-31-18-8-2-5-11-22-9-3-1-4-10-22)21-32-19-23-14-16-24(17-15-23)28-30-26-12-6-7-13-27(26)33-28/h1,3-4,6-7,9-10,12-17,25H,2,5,8,11,18-21,29H2. The largest absolute Gasteiger partial charge is 0.436 e. The Morgan fingerprint density at radius 3 is 2.33 bits per heavy atom. The van der Waals surface area contributed by atoms with Gasteiger partial charge in [0, 0.05) is 12.2 Å². The first kappa shape index (κ1) is 23.2. The summed E-state index contributed by atoms with van der Waals surface area (Å²) in [5, 5.41) is 0. The average Bonchev–Trinajstić information content (AvgIpc) is 3.29. The van der Waals surface area contributed by atoms with Gasteiger partial charge in [-0.2, -0.15) is 0 Å². The highest BCUT2D eigenvalue weighted by molar-refractivity contribution is 5.75. The van der Waals surface area contributed by atoms with E-state index >= 15 is 0 Å². The number of oxazole rings is 1. The average molecular weight is 445 g/mol. The molecule has 2 N–H and O–H groups in total. The summed E-state index contributed by atoms with van der Waals surface area (Å²) in [6.07, 6.45) is 4.55. The van der Waals surface area contributed by atoms with E-state index in [1.807, 2.05) is 48.5 Å². The molecule has 0 aliphatic heterocycles. The fourth-order valence-corrected chi connectivity index (χ4v) is 3.70. The van der Waals surface area contributed by atoms with Crippen LogP contribution in [0.1, 0.15) is 30.4 Å². The lowest BCUT2D eigenvalue weighted by atomic mass is 10.1. The minimum atomic E-state index is -0.117. The molecule has 0 aliphatic carbocycles. The minimum absolute atomic E-state index is 0.117. The first-order chi connectivity index (χ1) is 16.3. The van der Waals surface area contributed by atoms with Crippen LogP contribution in [0.25, 0.3) is 22.6 Å². The summed E-state index contributed by atoms with van der Waals surface area (Å²) in [6.45, 7) is 2.26. The fourth-order valence-electron chi connectivity index (χ4n) is 3.70. The van der Waals surface area contributed by atoms with E-state index in [1.54, 1.807) is 0 Å². The van der Waals surface area contributed by atoms with Crippen molar-refractivity contribution in [2.45, 2.75) is 38.3 Å². The van der Waals surface area contributed by atoms with Crippen LogP contribution in [0, 0.1) is 0 Å². The van der Waals surface area contributed by atoms with Gasteiger partial charge in [0.25, 0.3) is 0 Å². The molecule has 1 unspecified atom stereocenters. The second kappa shape index (κ2) is 12.3. The number of unbranched alkanes of at least 4 members (excludes halogenated alkanes) is 2. The van der Waals surface area contributed by atoms with Gasteiger partial charge in [0.15, 0.2) is 5.58 Å². The van der Waals surface area contributed by atoms with Crippen molar-refractivity contribution in [2.75, 3.05) is 19.8 Å². The van der Waals surface area contributed by atoms with Gasteiger partial charge in [-0.05, 0) is 54.7 Å². The van der Waals surface area contributed by atoms with Gasteiger partial charge in [-0.15, -0.1) is 0 Å². The normalized spacial score (nSPS) is 12.3. The second-order valence-corrected chi connectivity index (χ2v) is 8.33. The molecule has 3 aromatic carbocycles. The van der Waals surface area contributed by atoms with E-state index in [4.69, 9.17) is 19.6 Å². The van der Waals surface area contributed by atoms with Gasteiger partial charge >= 0.3 is 0 Å². The van der Waals surface area contributed by atoms with Crippen molar-refractivity contribution in [2.24, 2.45) is 5.73 Å². The molecule has 0 saturated carbocycles. The lowest BCUT2D eigenvalue weighted by Crippen LogP contribution is -2.31. The van der Waals surface area contributed by atoms with Crippen molar-refractivity contribution in [3.05, 3.63) is 90.0 Å². The third-order valence-corrected chi connectivity index (χ3v) is 5.52. The number of rotatable bonds is 13. The van der Waals surface area contributed by atoms with Crippen molar-refractivity contribution >= 4 is 11.1 Å². The molecule has 4 aromatic rings. The SMILES string of the molecule is NC(COCCCCCc1ccccc1)COCc1ccc(-c2nc3ccccc3o2)cc1. The zero-order valence-electron chi connectivity index (χ0n) is 19.0. The monoisotopic (exact) mass is 444 g/mol. The number of nitrogens with two attached hydrogens (primary N) is 1. The van der Waals surface area contributed by atoms with E-state index in [1.165, 1.54) is 18.4 Å². The van der Waals surface area contributed by atoms with Crippen molar-refractivity contribution in [1.82, 2.24) is 4.98 Å². The summed E-state index contributed by atoms with van der Waals surface area (Å²) in [5.74, 6) is 0.628. The molecule has 0 radical (unpaired) electrons. The molecule has 0 amide bonds. The van der Waals surface area contributed by atoms with Gasteiger partial charge in [0.1, 0.15) is 5.52 Å². The van der Waals surface area contributed by atoms with Crippen LogP contribution in [0.3, 0.4) is 0 Å². The minimum Gasteiger partial charge on any atom is -0.436 e. The number of aromatic nitrogens is 1. The number of aryl methyl sites for hydroxylation is 1. The second-order valence-electron chi connectivity index (χ2n) is 8.33. The van der Waals surface area contributed by atoms with E-state index in [0.29, 0.717) is 25.7 Å². The van der Waals surface area contributed by atoms with Crippen molar-refractivity contribution < 1.29 is 13.9 Å². The molecule has 1 heterocycles. The zero-order chi connectivity index (χ0) is 22.7. The lowest BCUT2D eigenvalue weighted by molar-refractivity contribution is 0.0594. The van der Waals surface area contributed by atoms with Crippen LogP contribution in [0.5, 0.6) is 0 Å². The Bertz CT molecular complexity index is 1060. The Morgan fingerprint density at radius 2 is 1.52 bits per heavy atom. The van der Waals surface area contributed by atoms with Gasteiger partial charge in [-0.25, -0.2) is 4.98 Å². The van der Waals surface area contributed by atoms with Gasteiger partial charge in [0.2, 0.25) is 5.89 Å². The third kappa shape index (κ3) is 7.26. The Morgan fingerprint density at radius 1 is 0.758 bits per heavy atom. The number of hydrogen-bond donors (Lipinski definition) is 1. The maximum atomic E-state index is 6.12. The lowest BCUT2D eigenvalue weighted by Gasteiger charge is -2.13. The van der Waals surface area contributed by atoms with E-state index in [0.717, 1.165) is 41.7 Å². The summed E-state index contributed by atoms with van der Waals surface area (Å²) in [7, 11) is 0. The predicted molar refractivity (Wildman–Crippen MR) is 132 cm³/mol. The Hall–Kier alpha value is -2.99. The highest BCUT2D eigenvalue weighted by Crippen LogP contribution is 2.24. The number of benzene rings is 3. The van der Waals surface area contributed by atoms with Gasteiger partial charge in [0.05, 0.1) is 25.9 Å². The molecule has 1 aromatic heterocycles. The Labute approximate surface area is 195 Å². The summed E-state index contributed by atoms with van der Waals surface area (Å²) in [4.78, 5) is 4.54. The maximum Gasteiger partial charge on any atom is 0.227 e. The van der Waals surface area contributed by atoms with Crippen LogP contribution >= 0.6 is 0 Å². The zero-order valence-corrected chi connectivity index (χ0v) is 19.0. The summed E-state index contributed by atoms with van der Waals surface area (Å²) in [5.41, 5.74) is 11.2. The molecular weight excluding hydrogens is 412 g/mol. The number of ether oxygens (including phenoxy) is 2. The Balaban J connectivity index is 1.08. The topological polar surface area (TPSA) is 70.5 Å². The van der Waals surface area contributed by atoms with Crippen molar-refractivity contribution in [3.8, 4) is 11.5 Å². The smallest absolute Gasteiger partial charge is 0.227 e. The molecule has 0 aliphatic rings. The van der Waals surface area contributed by atoms with Crippen LogP contribution in [0.15, 0.2) is 83.3 Å². The van der Waals surface area contributed by atoms with Crippen LogP contribution in [-0.4, -0.2) is 30.8 Å². The van der Waals surface area contributed by atoms with Gasteiger partial charge in [-0.1, -0.05) is 61.0 Å². The molecule has 0 spiro atoms. The van der Waals surface area contributed by atoms with Crippen LogP contribution < -0.4 is 5.73 Å². The highest BCUT2D eigenvalue weighted by Gasteiger charge is 2.08. The van der Waals surface area contributed by atoms with Gasteiger partial charge < -0.3 is 19.6 Å². The van der Waals surface area contributed by atoms with Gasteiger partial charge in [-0.3, -0.25) is 0 Å². The third-order valence-electron chi connectivity index (χ3n) is 5.52. The fraction of sp³-hybridized carbons (Fsp3) is 0.321. The molecule has 0 fully saturated rings. The predicted octanol–water partition coefficient (Wildman–Crippen LogP) is 5.77. The summed E-state index contributed by atoms with van der Waals surface area (Å²) >= 11 is 0. The number of hydrogen-bond acceptors (Lipinski definition) is 5. The number of fused-ring (bicyclic) bond motifs is 1.